The Bertz CT molecular complexity index is 1410. The molecule has 0 atom stereocenters. The topological polar surface area (TPSA) is 99.2 Å². The summed E-state index contributed by atoms with van der Waals surface area (Å²) in [6.45, 7) is 9.02. The van der Waals surface area contributed by atoms with Gasteiger partial charge in [-0.15, -0.1) is 0 Å². The molecule has 4 aromatic rings. The third-order valence-corrected chi connectivity index (χ3v) is 6.65. The lowest BCUT2D eigenvalue weighted by molar-refractivity contribution is 0.0185. The Labute approximate surface area is 211 Å². The fourth-order valence-corrected chi connectivity index (χ4v) is 4.73. The second-order valence-corrected chi connectivity index (χ2v) is 10.4. The van der Waals surface area contributed by atoms with Crippen molar-refractivity contribution in [3.05, 3.63) is 60.7 Å². The van der Waals surface area contributed by atoms with E-state index in [2.05, 4.69) is 29.1 Å². The van der Waals surface area contributed by atoms with E-state index in [0.29, 0.717) is 18.9 Å². The molecular weight excluding hydrogens is 452 g/mol. The number of piperidine rings is 1. The van der Waals surface area contributed by atoms with E-state index in [1.54, 1.807) is 11.1 Å². The molecule has 0 spiro atoms. The Kier molecular flexibility index (Phi) is 6.12. The van der Waals surface area contributed by atoms with E-state index in [1.807, 2.05) is 62.2 Å². The largest absolute Gasteiger partial charge is 0.444 e. The number of likely N-dealkylation sites (tertiary alicyclic amines) is 1. The number of hydrogen-bond donors (Lipinski definition) is 1. The molecule has 1 saturated heterocycles. The number of carbonyl (C=O) groups is 1. The van der Waals surface area contributed by atoms with Gasteiger partial charge in [0.1, 0.15) is 11.4 Å². The van der Waals surface area contributed by atoms with Crippen molar-refractivity contribution in [3.8, 4) is 22.4 Å². The van der Waals surface area contributed by atoms with Crippen LogP contribution in [-0.4, -0.2) is 49.4 Å². The van der Waals surface area contributed by atoms with Crippen molar-refractivity contribution in [2.24, 2.45) is 0 Å². The average molecular weight is 485 g/mol. The highest BCUT2D eigenvalue weighted by Gasteiger charge is 2.28. The molecule has 186 valence electrons. The van der Waals surface area contributed by atoms with E-state index in [0.717, 1.165) is 51.6 Å². The van der Waals surface area contributed by atoms with Gasteiger partial charge in [-0.25, -0.2) is 9.78 Å². The molecule has 1 aliphatic heterocycles. The van der Waals surface area contributed by atoms with Crippen LogP contribution < -0.4 is 5.73 Å². The van der Waals surface area contributed by atoms with Gasteiger partial charge in [-0.3, -0.25) is 9.67 Å². The fraction of sp³-hybridized carbons (Fsp3) is 0.357. The van der Waals surface area contributed by atoms with E-state index < -0.39 is 5.60 Å². The van der Waals surface area contributed by atoms with Gasteiger partial charge in [0.05, 0.1) is 17.9 Å². The molecule has 1 aliphatic rings. The van der Waals surface area contributed by atoms with Crippen molar-refractivity contribution in [1.29, 1.82) is 0 Å². The Morgan fingerprint density at radius 2 is 1.81 bits per heavy atom. The third kappa shape index (κ3) is 4.76. The molecule has 1 fully saturated rings. The van der Waals surface area contributed by atoms with Crippen LogP contribution in [0.5, 0.6) is 0 Å². The van der Waals surface area contributed by atoms with Gasteiger partial charge in [0.2, 0.25) is 0 Å². The van der Waals surface area contributed by atoms with Crippen LogP contribution in [0, 0.1) is 6.92 Å². The summed E-state index contributed by atoms with van der Waals surface area (Å²) in [7, 11) is 0. The molecule has 36 heavy (non-hydrogen) atoms. The van der Waals surface area contributed by atoms with Crippen molar-refractivity contribution in [2.75, 3.05) is 18.8 Å². The zero-order valence-corrected chi connectivity index (χ0v) is 21.2. The summed E-state index contributed by atoms with van der Waals surface area (Å²) in [4.78, 5) is 23.3. The second kappa shape index (κ2) is 9.26. The summed E-state index contributed by atoms with van der Waals surface area (Å²) in [5.74, 6) is 0.450. The van der Waals surface area contributed by atoms with Gasteiger partial charge < -0.3 is 15.4 Å². The van der Waals surface area contributed by atoms with E-state index in [-0.39, 0.29) is 12.1 Å². The number of nitrogen functional groups attached to an aromatic ring is 1. The van der Waals surface area contributed by atoms with Crippen molar-refractivity contribution >= 4 is 22.7 Å². The number of aryl methyl sites for hydroxylation is 1. The minimum absolute atomic E-state index is 0.225. The first-order chi connectivity index (χ1) is 17.2. The van der Waals surface area contributed by atoms with Gasteiger partial charge in [0, 0.05) is 53.8 Å². The van der Waals surface area contributed by atoms with Gasteiger partial charge in [-0.1, -0.05) is 24.3 Å². The van der Waals surface area contributed by atoms with Crippen molar-refractivity contribution in [3.63, 3.8) is 0 Å². The highest BCUT2D eigenvalue weighted by Crippen LogP contribution is 2.33. The smallest absolute Gasteiger partial charge is 0.410 e. The Morgan fingerprint density at radius 1 is 1.06 bits per heavy atom. The second-order valence-electron chi connectivity index (χ2n) is 10.4. The third-order valence-electron chi connectivity index (χ3n) is 6.65. The van der Waals surface area contributed by atoms with Crippen LogP contribution in [0.3, 0.4) is 0 Å². The lowest BCUT2D eigenvalue weighted by atomic mass is 9.99. The first kappa shape index (κ1) is 23.8. The number of pyridine rings is 2. The average Bonchev–Trinajstić information content (AvgIpc) is 3.34. The van der Waals surface area contributed by atoms with E-state index in [1.165, 1.54) is 0 Å². The molecule has 8 nitrogen and oxygen atoms in total. The number of nitrogens with zero attached hydrogens (tertiary/aromatic N) is 5. The number of ether oxygens (including phenoxy) is 1. The molecule has 0 aliphatic carbocycles. The summed E-state index contributed by atoms with van der Waals surface area (Å²) in [5.41, 5.74) is 10.4. The molecular formula is C28H32N6O2. The quantitative estimate of drug-likeness (QED) is 0.405. The molecule has 8 heteroatoms. The predicted octanol–water partition coefficient (Wildman–Crippen LogP) is 5.62. The number of amides is 1. The van der Waals surface area contributed by atoms with E-state index in [4.69, 9.17) is 15.5 Å². The molecule has 0 unspecified atom stereocenters. The zero-order chi connectivity index (χ0) is 25.4. The maximum Gasteiger partial charge on any atom is 0.410 e. The van der Waals surface area contributed by atoms with Crippen LogP contribution in [0.15, 0.2) is 55.1 Å². The number of carbonyl (C=O) groups excluding carboxylic acids is 1. The van der Waals surface area contributed by atoms with Gasteiger partial charge in [-0.2, -0.15) is 5.10 Å². The SMILES string of the molecule is Cc1c(-c2cc(-c3cnn(C4CCN(C(=O)OC(C)(C)C)CC4)c3)cnc2N)ncc2ccccc12. The number of benzene rings is 1. The van der Waals surface area contributed by atoms with Crippen molar-refractivity contribution in [1.82, 2.24) is 24.6 Å². The minimum atomic E-state index is -0.488. The molecule has 1 amide bonds. The molecule has 2 N–H and O–H groups in total. The first-order valence-electron chi connectivity index (χ1n) is 12.3. The van der Waals surface area contributed by atoms with E-state index >= 15 is 0 Å². The fourth-order valence-electron chi connectivity index (χ4n) is 4.73. The van der Waals surface area contributed by atoms with Gasteiger partial charge >= 0.3 is 6.09 Å². The highest BCUT2D eigenvalue weighted by molar-refractivity contribution is 5.91. The first-order valence-corrected chi connectivity index (χ1v) is 12.3. The Morgan fingerprint density at radius 3 is 2.56 bits per heavy atom. The Hall–Kier alpha value is -3.94. The highest BCUT2D eigenvalue weighted by atomic mass is 16.6. The number of nitrogens with two attached hydrogens (primary N) is 1. The predicted molar refractivity (Wildman–Crippen MR) is 141 cm³/mol. The minimum Gasteiger partial charge on any atom is -0.444 e. The summed E-state index contributed by atoms with van der Waals surface area (Å²) >= 11 is 0. The number of aromatic nitrogens is 4. The number of anilines is 1. The normalized spacial score (nSPS) is 14.8. The molecule has 3 aromatic heterocycles. The molecule has 1 aromatic carbocycles. The van der Waals surface area contributed by atoms with Crippen LogP contribution in [0.4, 0.5) is 10.6 Å². The van der Waals surface area contributed by atoms with Crippen LogP contribution in [-0.2, 0) is 4.74 Å². The summed E-state index contributed by atoms with van der Waals surface area (Å²) < 4.78 is 7.51. The summed E-state index contributed by atoms with van der Waals surface area (Å²) in [5, 5.41) is 6.88. The molecule has 4 heterocycles. The molecule has 0 bridgehead atoms. The number of rotatable bonds is 3. The molecule has 0 radical (unpaired) electrons. The van der Waals surface area contributed by atoms with Crippen LogP contribution >= 0.6 is 0 Å². The number of fused-ring (bicyclic) bond motifs is 1. The molecule has 0 saturated carbocycles. The van der Waals surface area contributed by atoms with Crippen molar-refractivity contribution < 1.29 is 9.53 Å². The van der Waals surface area contributed by atoms with Crippen LogP contribution in [0.25, 0.3) is 33.2 Å². The monoisotopic (exact) mass is 484 g/mol. The standard InChI is InChI=1S/C28H32N6O2/c1-18-23-8-6-5-7-19(23)14-30-25(18)24-13-20(15-31-26(24)29)21-16-32-34(17-21)22-9-11-33(12-10-22)27(35)36-28(2,3)4/h5-8,13-17,22H,9-12H2,1-4H3,(H2,29,31). The molecule has 5 rings (SSSR count). The summed E-state index contributed by atoms with van der Waals surface area (Å²) in [6.07, 6.45) is 8.97. The zero-order valence-electron chi connectivity index (χ0n) is 21.2. The van der Waals surface area contributed by atoms with Crippen molar-refractivity contribution in [2.45, 2.75) is 52.2 Å². The van der Waals surface area contributed by atoms with Crippen LogP contribution in [0.2, 0.25) is 0 Å². The summed E-state index contributed by atoms with van der Waals surface area (Å²) in [6, 6.07) is 10.5. The maximum atomic E-state index is 12.4. The van der Waals surface area contributed by atoms with Gasteiger partial charge in [-0.05, 0) is 57.6 Å². The van der Waals surface area contributed by atoms with Gasteiger partial charge in [0.15, 0.2) is 0 Å². The number of hydrogen-bond acceptors (Lipinski definition) is 6. The lowest BCUT2D eigenvalue weighted by Crippen LogP contribution is -2.42. The van der Waals surface area contributed by atoms with Gasteiger partial charge in [0.25, 0.3) is 0 Å². The van der Waals surface area contributed by atoms with Crippen LogP contribution in [0.1, 0.15) is 45.2 Å². The Balaban J connectivity index is 1.35. The maximum absolute atomic E-state index is 12.4. The van der Waals surface area contributed by atoms with E-state index in [9.17, 15) is 4.79 Å². The lowest BCUT2D eigenvalue weighted by Gasteiger charge is -2.33.